The molecule has 1 heterocycles. The molecule has 6 nitrogen and oxygen atoms in total. The summed E-state index contributed by atoms with van der Waals surface area (Å²) in [6, 6.07) is 5.39. The second-order valence-electron chi connectivity index (χ2n) is 3.95. The Morgan fingerprint density at radius 1 is 1.47 bits per heavy atom. The summed E-state index contributed by atoms with van der Waals surface area (Å²) in [6.07, 6.45) is 2.78. The second-order valence-corrected chi connectivity index (χ2v) is 3.95. The van der Waals surface area contributed by atoms with E-state index in [0.29, 0.717) is 0 Å². The molecule has 0 fully saturated rings. The van der Waals surface area contributed by atoms with Gasteiger partial charge in [0.1, 0.15) is 0 Å². The van der Waals surface area contributed by atoms with Gasteiger partial charge in [-0.2, -0.15) is 5.10 Å². The van der Waals surface area contributed by atoms with E-state index in [1.54, 1.807) is 12.3 Å². The smallest absolute Gasteiger partial charge is 0.334 e. The van der Waals surface area contributed by atoms with Gasteiger partial charge in [0, 0.05) is 11.0 Å². The van der Waals surface area contributed by atoms with E-state index in [4.69, 9.17) is 5.11 Å². The Balaban J connectivity index is 2.38. The number of hydrogen-bond acceptors (Lipinski definition) is 4. The number of hydrogen-bond donors (Lipinski definition) is 2. The Kier molecular flexibility index (Phi) is 3.61. The Bertz CT molecular complexity index is 657. The lowest BCUT2D eigenvalue weighted by Crippen LogP contribution is -2.09. The molecule has 0 saturated carbocycles. The molecule has 2 aromatic rings. The second kappa shape index (κ2) is 5.34. The fourth-order valence-electron chi connectivity index (χ4n) is 1.73. The molecule has 0 aliphatic heterocycles. The maximum Gasteiger partial charge on any atom is 0.334 e. The number of nitrogens with zero attached hydrogens (tertiary/aromatic N) is 1. The lowest BCUT2D eigenvalue weighted by molar-refractivity contribution is -0.141. The number of ether oxygens (including phenoxy) is 1. The third-order valence-electron chi connectivity index (χ3n) is 2.59. The van der Waals surface area contributed by atoms with Crippen LogP contribution in [0.5, 0.6) is 0 Å². The summed E-state index contributed by atoms with van der Waals surface area (Å²) >= 11 is 0. The van der Waals surface area contributed by atoms with E-state index in [2.05, 4.69) is 14.9 Å². The fraction of sp³-hybridized carbons (Fsp3) is 0.154. The number of aliphatic carboxylic acids is 1. The first-order valence-corrected chi connectivity index (χ1v) is 5.54. The average Bonchev–Trinajstić information content (AvgIpc) is 2.84. The van der Waals surface area contributed by atoms with Crippen molar-refractivity contribution in [2.45, 2.75) is 6.42 Å². The number of methoxy groups -OCH3 is 1. The van der Waals surface area contributed by atoms with Gasteiger partial charge in [0.05, 0.1) is 25.2 Å². The first-order chi connectivity index (χ1) is 9.10. The molecule has 6 heteroatoms. The number of esters is 1. The Labute approximate surface area is 108 Å². The van der Waals surface area contributed by atoms with E-state index < -0.39 is 11.9 Å². The Morgan fingerprint density at radius 2 is 2.26 bits per heavy atom. The van der Waals surface area contributed by atoms with E-state index in [1.807, 2.05) is 12.1 Å². The third kappa shape index (κ3) is 2.98. The van der Waals surface area contributed by atoms with Crippen LogP contribution < -0.4 is 0 Å². The number of H-pyrrole nitrogens is 1. The molecule has 0 saturated heterocycles. The molecule has 0 aliphatic rings. The fourth-order valence-corrected chi connectivity index (χ4v) is 1.73. The lowest BCUT2D eigenvalue weighted by Gasteiger charge is -2.03. The molecule has 0 spiro atoms. The van der Waals surface area contributed by atoms with Crippen LogP contribution in [0.2, 0.25) is 0 Å². The highest BCUT2D eigenvalue weighted by molar-refractivity contribution is 5.98. The zero-order valence-electron chi connectivity index (χ0n) is 10.2. The molecule has 2 N–H and O–H groups in total. The predicted molar refractivity (Wildman–Crippen MR) is 68.3 cm³/mol. The van der Waals surface area contributed by atoms with Crippen LogP contribution in [0.15, 0.2) is 30.0 Å². The molecular formula is C13H12N2O4. The summed E-state index contributed by atoms with van der Waals surface area (Å²) in [5.41, 5.74) is 1.68. The van der Waals surface area contributed by atoms with Gasteiger partial charge in [0.15, 0.2) is 0 Å². The van der Waals surface area contributed by atoms with E-state index >= 15 is 0 Å². The van der Waals surface area contributed by atoms with E-state index in [9.17, 15) is 9.59 Å². The van der Waals surface area contributed by atoms with Gasteiger partial charge in [0.2, 0.25) is 0 Å². The minimum absolute atomic E-state index is 0.0952. The maximum atomic E-state index is 11.5. The number of carboxylic acids is 1. The Morgan fingerprint density at radius 3 is 2.95 bits per heavy atom. The summed E-state index contributed by atoms with van der Waals surface area (Å²) < 4.78 is 4.57. The van der Waals surface area contributed by atoms with Crippen LogP contribution in [0, 0.1) is 0 Å². The maximum absolute atomic E-state index is 11.5. The molecule has 0 radical (unpaired) electrons. The van der Waals surface area contributed by atoms with Crippen LogP contribution in [0.3, 0.4) is 0 Å². The summed E-state index contributed by atoms with van der Waals surface area (Å²) in [5, 5.41) is 16.4. The quantitative estimate of drug-likeness (QED) is 0.643. The van der Waals surface area contributed by atoms with Crippen molar-refractivity contribution in [1.29, 1.82) is 0 Å². The zero-order valence-corrected chi connectivity index (χ0v) is 10.2. The Hall–Kier alpha value is -2.63. The standard InChI is InChI=1S/C13H12N2O4/c1-19-13(18)9(6-12(16)17)4-8-2-3-11-10(5-8)7-14-15-11/h2-5,7H,6H2,1H3,(H,14,15)(H,16,17). The molecule has 0 atom stereocenters. The first kappa shape index (κ1) is 12.8. The minimum atomic E-state index is -1.08. The number of carbonyl (C=O) groups excluding carboxylic acids is 1. The summed E-state index contributed by atoms with van der Waals surface area (Å²) in [6.45, 7) is 0. The predicted octanol–water partition coefficient (Wildman–Crippen LogP) is 1.59. The van der Waals surface area contributed by atoms with Crippen LogP contribution in [-0.2, 0) is 14.3 Å². The van der Waals surface area contributed by atoms with Crippen LogP contribution >= 0.6 is 0 Å². The normalized spacial score (nSPS) is 11.5. The highest BCUT2D eigenvalue weighted by Crippen LogP contribution is 2.17. The van der Waals surface area contributed by atoms with Gasteiger partial charge in [-0.15, -0.1) is 0 Å². The molecule has 19 heavy (non-hydrogen) atoms. The van der Waals surface area contributed by atoms with Gasteiger partial charge >= 0.3 is 11.9 Å². The van der Waals surface area contributed by atoms with E-state index in [1.165, 1.54) is 13.2 Å². The SMILES string of the molecule is COC(=O)C(=Cc1ccc2[nH]ncc2c1)CC(=O)O. The van der Waals surface area contributed by atoms with Crippen molar-refractivity contribution >= 4 is 28.9 Å². The number of benzene rings is 1. The van der Waals surface area contributed by atoms with Crippen molar-refractivity contribution in [3.63, 3.8) is 0 Å². The topological polar surface area (TPSA) is 92.3 Å². The van der Waals surface area contributed by atoms with Crippen molar-refractivity contribution in [1.82, 2.24) is 10.2 Å². The van der Waals surface area contributed by atoms with Crippen LogP contribution in [0.25, 0.3) is 17.0 Å². The molecule has 0 amide bonds. The van der Waals surface area contributed by atoms with Gasteiger partial charge < -0.3 is 9.84 Å². The summed E-state index contributed by atoms with van der Waals surface area (Å²) in [7, 11) is 1.22. The molecule has 1 aromatic heterocycles. The molecule has 98 valence electrons. The van der Waals surface area contributed by atoms with E-state index in [0.717, 1.165) is 16.5 Å². The van der Waals surface area contributed by atoms with Crippen LogP contribution in [-0.4, -0.2) is 34.4 Å². The van der Waals surface area contributed by atoms with Crippen molar-refractivity contribution < 1.29 is 19.4 Å². The number of fused-ring (bicyclic) bond motifs is 1. The van der Waals surface area contributed by atoms with Crippen molar-refractivity contribution in [3.8, 4) is 0 Å². The van der Waals surface area contributed by atoms with Crippen molar-refractivity contribution in [3.05, 3.63) is 35.5 Å². The lowest BCUT2D eigenvalue weighted by atomic mass is 10.1. The summed E-state index contributed by atoms with van der Waals surface area (Å²) in [4.78, 5) is 22.2. The van der Waals surface area contributed by atoms with Gasteiger partial charge in [-0.05, 0) is 23.8 Å². The van der Waals surface area contributed by atoms with Crippen LogP contribution in [0.4, 0.5) is 0 Å². The number of carboxylic acid groups (broad SMARTS) is 1. The van der Waals surface area contributed by atoms with Crippen LogP contribution in [0.1, 0.15) is 12.0 Å². The highest BCUT2D eigenvalue weighted by atomic mass is 16.5. The molecule has 0 unspecified atom stereocenters. The number of rotatable bonds is 4. The molecular weight excluding hydrogens is 248 g/mol. The molecule has 2 rings (SSSR count). The molecule has 0 bridgehead atoms. The van der Waals surface area contributed by atoms with Gasteiger partial charge in [-0.1, -0.05) is 6.07 Å². The van der Waals surface area contributed by atoms with Gasteiger partial charge in [-0.3, -0.25) is 9.89 Å². The highest BCUT2D eigenvalue weighted by Gasteiger charge is 2.13. The van der Waals surface area contributed by atoms with Gasteiger partial charge in [0.25, 0.3) is 0 Å². The number of carbonyl (C=O) groups is 2. The largest absolute Gasteiger partial charge is 0.481 e. The third-order valence-corrected chi connectivity index (χ3v) is 2.59. The monoisotopic (exact) mass is 260 g/mol. The molecule has 0 aliphatic carbocycles. The van der Waals surface area contributed by atoms with Crippen molar-refractivity contribution in [2.75, 3.05) is 7.11 Å². The zero-order chi connectivity index (χ0) is 13.8. The first-order valence-electron chi connectivity index (χ1n) is 5.54. The minimum Gasteiger partial charge on any atom is -0.481 e. The van der Waals surface area contributed by atoms with Gasteiger partial charge in [-0.25, -0.2) is 4.79 Å². The average molecular weight is 260 g/mol. The number of aromatic amines is 1. The molecule has 1 aromatic carbocycles. The summed E-state index contributed by atoms with van der Waals surface area (Å²) in [5.74, 6) is -1.73. The number of aromatic nitrogens is 2. The van der Waals surface area contributed by atoms with Crippen molar-refractivity contribution in [2.24, 2.45) is 0 Å². The number of nitrogens with one attached hydrogen (secondary N) is 1. The van der Waals surface area contributed by atoms with E-state index in [-0.39, 0.29) is 12.0 Å².